The molecule has 2 atom stereocenters. The summed E-state index contributed by atoms with van der Waals surface area (Å²) in [5.41, 5.74) is 6.54. The lowest BCUT2D eigenvalue weighted by atomic mass is 10.2. The molecule has 2 unspecified atom stereocenters. The third kappa shape index (κ3) is 2.46. The van der Waals surface area contributed by atoms with E-state index in [1.165, 1.54) is 19.6 Å². The fourth-order valence-corrected chi connectivity index (χ4v) is 2.13. The average molecular weight is 238 g/mol. The monoisotopic (exact) mass is 238 g/mol. The van der Waals surface area contributed by atoms with Crippen LogP contribution in [0.1, 0.15) is 13.3 Å². The average Bonchev–Trinajstić information content (AvgIpc) is 2.94. The standard InChI is InChI=1S/C13H19FN2O/c1-8-4-9(8)7-16(2)12-6-13(17-3)11(15)5-10(12)14/h5-6,8-9H,4,7,15H2,1-3H3. The summed E-state index contributed by atoms with van der Waals surface area (Å²) in [5.74, 6) is 1.68. The Morgan fingerprint density at radius 3 is 2.71 bits per heavy atom. The molecule has 2 N–H and O–H groups in total. The van der Waals surface area contributed by atoms with E-state index in [9.17, 15) is 4.39 Å². The first-order chi connectivity index (χ1) is 8.02. The van der Waals surface area contributed by atoms with Crippen LogP contribution < -0.4 is 15.4 Å². The van der Waals surface area contributed by atoms with Crippen molar-refractivity contribution < 1.29 is 9.13 Å². The van der Waals surface area contributed by atoms with E-state index in [1.807, 2.05) is 11.9 Å². The molecule has 3 nitrogen and oxygen atoms in total. The van der Waals surface area contributed by atoms with Gasteiger partial charge in [0.05, 0.1) is 18.5 Å². The first-order valence-electron chi connectivity index (χ1n) is 5.87. The Kier molecular flexibility index (Phi) is 3.13. The summed E-state index contributed by atoms with van der Waals surface area (Å²) >= 11 is 0. The van der Waals surface area contributed by atoms with Crippen molar-refractivity contribution in [2.45, 2.75) is 13.3 Å². The Morgan fingerprint density at radius 1 is 1.53 bits per heavy atom. The molecule has 0 saturated heterocycles. The lowest BCUT2D eigenvalue weighted by Gasteiger charge is -2.21. The maximum atomic E-state index is 13.8. The maximum absolute atomic E-state index is 13.8. The van der Waals surface area contributed by atoms with Gasteiger partial charge in [0, 0.05) is 25.7 Å². The van der Waals surface area contributed by atoms with Gasteiger partial charge in [-0.15, -0.1) is 0 Å². The van der Waals surface area contributed by atoms with Gasteiger partial charge in [0.15, 0.2) is 0 Å². The van der Waals surface area contributed by atoms with Crippen molar-refractivity contribution in [3.05, 3.63) is 17.9 Å². The van der Waals surface area contributed by atoms with Crippen molar-refractivity contribution in [3.63, 3.8) is 0 Å². The van der Waals surface area contributed by atoms with Crippen LogP contribution in [0.25, 0.3) is 0 Å². The summed E-state index contributed by atoms with van der Waals surface area (Å²) in [6.45, 7) is 3.10. The van der Waals surface area contributed by atoms with E-state index >= 15 is 0 Å². The molecule has 0 spiro atoms. The fraction of sp³-hybridized carbons (Fsp3) is 0.538. The van der Waals surface area contributed by atoms with Crippen LogP contribution in [0.5, 0.6) is 5.75 Å². The number of ether oxygens (including phenoxy) is 1. The highest BCUT2D eigenvalue weighted by Gasteiger charge is 2.33. The Morgan fingerprint density at radius 2 is 2.18 bits per heavy atom. The van der Waals surface area contributed by atoms with Gasteiger partial charge in [0.1, 0.15) is 11.6 Å². The van der Waals surface area contributed by atoms with Gasteiger partial charge in [-0.1, -0.05) is 6.92 Å². The SMILES string of the molecule is COc1cc(N(C)CC2CC2C)c(F)cc1N. The van der Waals surface area contributed by atoms with Crippen molar-refractivity contribution in [2.75, 3.05) is 31.3 Å². The van der Waals surface area contributed by atoms with Crippen molar-refractivity contribution in [1.29, 1.82) is 0 Å². The second kappa shape index (κ2) is 4.43. The molecule has 0 heterocycles. The summed E-state index contributed by atoms with van der Waals surface area (Å²) in [6, 6.07) is 2.98. The van der Waals surface area contributed by atoms with Crippen LogP contribution in [-0.4, -0.2) is 20.7 Å². The van der Waals surface area contributed by atoms with Gasteiger partial charge < -0.3 is 15.4 Å². The molecule has 0 aliphatic heterocycles. The number of nitrogens with two attached hydrogens (primary N) is 1. The minimum absolute atomic E-state index is 0.292. The topological polar surface area (TPSA) is 38.5 Å². The molecule has 94 valence electrons. The number of hydrogen-bond acceptors (Lipinski definition) is 3. The van der Waals surface area contributed by atoms with E-state index in [0.29, 0.717) is 23.0 Å². The van der Waals surface area contributed by atoms with Crippen molar-refractivity contribution in [3.8, 4) is 5.75 Å². The molecule has 1 aromatic carbocycles. The van der Waals surface area contributed by atoms with E-state index in [4.69, 9.17) is 10.5 Å². The van der Waals surface area contributed by atoms with E-state index < -0.39 is 0 Å². The zero-order valence-electron chi connectivity index (χ0n) is 10.5. The number of nitrogen functional groups attached to an aromatic ring is 1. The first-order valence-corrected chi connectivity index (χ1v) is 5.87. The minimum atomic E-state index is -0.292. The lowest BCUT2D eigenvalue weighted by molar-refractivity contribution is 0.416. The third-order valence-electron chi connectivity index (χ3n) is 3.49. The van der Waals surface area contributed by atoms with Gasteiger partial charge in [0.2, 0.25) is 0 Å². The maximum Gasteiger partial charge on any atom is 0.148 e. The molecule has 0 radical (unpaired) electrons. The zero-order valence-corrected chi connectivity index (χ0v) is 10.5. The number of nitrogens with zero attached hydrogens (tertiary/aromatic N) is 1. The molecular formula is C13H19FN2O. The first kappa shape index (κ1) is 12.0. The van der Waals surface area contributed by atoms with Crippen LogP contribution >= 0.6 is 0 Å². The molecule has 17 heavy (non-hydrogen) atoms. The predicted molar refractivity (Wildman–Crippen MR) is 67.9 cm³/mol. The van der Waals surface area contributed by atoms with E-state index in [-0.39, 0.29) is 5.82 Å². The zero-order chi connectivity index (χ0) is 12.6. The highest BCUT2D eigenvalue weighted by molar-refractivity contribution is 5.63. The van der Waals surface area contributed by atoms with Crippen LogP contribution in [0, 0.1) is 17.7 Å². The van der Waals surface area contributed by atoms with E-state index in [1.54, 1.807) is 6.07 Å². The van der Waals surface area contributed by atoms with Crippen molar-refractivity contribution in [2.24, 2.45) is 11.8 Å². The number of benzene rings is 1. The van der Waals surface area contributed by atoms with Crippen molar-refractivity contribution >= 4 is 11.4 Å². The second-order valence-electron chi connectivity index (χ2n) is 4.90. The molecule has 1 aromatic rings. The Hall–Kier alpha value is -1.45. The Bertz CT molecular complexity index is 422. The van der Waals surface area contributed by atoms with Crippen LogP contribution in [0.2, 0.25) is 0 Å². The molecule has 1 saturated carbocycles. The number of anilines is 2. The highest BCUT2D eigenvalue weighted by atomic mass is 19.1. The van der Waals surface area contributed by atoms with Crippen LogP contribution in [0.4, 0.5) is 15.8 Å². The van der Waals surface area contributed by atoms with Crippen LogP contribution in [0.15, 0.2) is 12.1 Å². The number of hydrogen-bond donors (Lipinski definition) is 1. The largest absolute Gasteiger partial charge is 0.495 e. The minimum Gasteiger partial charge on any atom is -0.495 e. The molecule has 4 heteroatoms. The highest BCUT2D eigenvalue weighted by Crippen LogP contribution is 2.39. The normalized spacial score (nSPS) is 22.4. The fourth-order valence-electron chi connectivity index (χ4n) is 2.13. The number of methoxy groups -OCH3 is 1. The van der Waals surface area contributed by atoms with Gasteiger partial charge in [-0.2, -0.15) is 0 Å². The Balaban J connectivity index is 2.18. The van der Waals surface area contributed by atoms with Gasteiger partial charge >= 0.3 is 0 Å². The second-order valence-corrected chi connectivity index (χ2v) is 4.90. The molecule has 1 aliphatic carbocycles. The van der Waals surface area contributed by atoms with Gasteiger partial charge in [0.25, 0.3) is 0 Å². The quantitative estimate of drug-likeness (QED) is 0.819. The van der Waals surface area contributed by atoms with Gasteiger partial charge in [-0.3, -0.25) is 0 Å². The molecule has 1 fully saturated rings. The Labute approximate surface area is 101 Å². The molecule has 0 aromatic heterocycles. The van der Waals surface area contributed by atoms with E-state index in [2.05, 4.69) is 6.92 Å². The molecule has 0 bridgehead atoms. The third-order valence-corrected chi connectivity index (χ3v) is 3.49. The number of halogens is 1. The molecule has 1 aliphatic rings. The predicted octanol–water partition coefficient (Wildman–Crippen LogP) is 2.51. The van der Waals surface area contributed by atoms with Crippen LogP contribution in [0.3, 0.4) is 0 Å². The van der Waals surface area contributed by atoms with Gasteiger partial charge in [-0.05, 0) is 18.3 Å². The molecule has 0 amide bonds. The number of rotatable bonds is 4. The summed E-state index contributed by atoms with van der Waals surface area (Å²) in [6.07, 6.45) is 1.23. The summed E-state index contributed by atoms with van der Waals surface area (Å²) in [5, 5.41) is 0. The van der Waals surface area contributed by atoms with E-state index in [0.717, 1.165) is 12.5 Å². The van der Waals surface area contributed by atoms with Crippen LogP contribution in [-0.2, 0) is 0 Å². The van der Waals surface area contributed by atoms with Gasteiger partial charge in [-0.25, -0.2) is 4.39 Å². The molecular weight excluding hydrogens is 219 g/mol. The summed E-state index contributed by atoms with van der Waals surface area (Å²) in [7, 11) is 3.44. The molecule has 2 rings (SSSR count). The summed E-state index contributed by atoms with van der Waals surface area (Å²) < 4.78 is 18.9. The smallest absolute Gasteiger partial charge is 0.148 e. The lowest BCUT2D eigenvalue weighted by Crippen LogP contribution is -2.21. The summed E-state index contributed by atoms with van der Waals surface area (Å²) in [4.78, 5) is 1.94. The van der Waals surface area contributed by atoms with Crippen molar-refractivity contribution in [1.82, 2.24) is 0 Å².